The van der Waals surface area contributed by atoms with E-state index in [0.29, 0.717) is 0 Å². The molecule has 30 heavy (non-hydrogen) atoms. The van der Waals surface area contributed by atoms with Gasteiger partial charge in [-0.2, -0.15) is 0 Å². The number of halogens is 2. The summed E-state index contributed by atoms with van der Waals surface area (Å²) in [5.74, 6) is -4.28. The first kappa shape index (κ1) is 20.8. The molecule has 3 aromatic rings. The van der Waals surface area contributed by atoms with Crippen molar-refractivity contribution in [3.8, 4) is 11.5 Å². The smallest absolute Gasteiger partial charge is 0.336 e. The second-order valence-corrected chi connectivity index (χ2v) is 6.37. The van der Waals surface area contributed by atoms with E-state index in [1.807, 2.05) is 0 Å². The van der Waals surface area contributed by atoms with Gasteiger partial charge in [0, 0.05) is 0 Å². The van der Waals surface area contributed by atoms with Crippen LogP contribution in [0.1, 0.15) is 31.1 Å². The highest BCUT2D eigenvalue weighted by Gasteiger charge is 2.19. The average Bonchev–Trinajstić information content (AvgIpc) is 2.69. The van der Waals surface area contributed by atoms with Crippen molar-refractivity contribution in [1.82, 2.24) is 0 Å². The van der Waals surface area contributed by atoms with E-state index >= 15 is 0 Å². The van der Waals surface area contributed by atoms with Gasteiger partial charge in [-0.1, -0.05) is 29.8 Å². The number of carboxylic acid groups (broad SMARTS) is 2. The number of para-hydroxylation sites is 2. The number of carboxylic acids is 2. The van der Waals surface area contributed by atoms with Crippen LogP contribution in [0.2, 0.25) is 5.02 Å². The SMILES string of the molecule is O=C(O)c1ccc(Oc2ccccc2NC(=O)c2c(F)cccc2Cl)cc1C(=O)O. The Balaban J connectivity index is 1.91. The Morgan fingerprint density at radius 2 is 1.60 bits per heavy atom. The van der Waals surface area contributed by atoms with Gasteiger partial charge in [0.2, 0.25) is 0 Å². The molecule has 0 aliphatic heterocycles. The molecule has 0 heterocycles. The third-order valence-corrected chi connectivity index (χ3v) is 4.32. The van der Waals surface area contributed by atoms with E-state index in [4.69, 9.17) is 21.4 Å². The fraction of sp³-hybridized carbons (Fsp3) is 0. The van der Waals surface area contributed by atoms with Gasteiger partial charge in [-0.05, 0) is 42.5 Å². The van der Waals surface area contributed by atoms with E-state index in [1.54, 1.807) is 12.1 Å². The summed E-state index contributed by atoms with van der Waals surface area (Å²) in [6.45, 7) is 0. The predicted molar refractivity (Wildman–Crippen MR) is 106 cm³/mol. The molecule has 0 unspecified atom stereocenters. The molecule has 7 nitrogen and oxygen atoms in total. The van der Waals surface area contributed by atoms with Crippen molar-refractivity contribution in [1.29, 1.82) is 0 Å². The van der Waals surface area contributed by atoms with Gasteiger partial charge in [-0.15, -0.1) is 0 Å². The van der Waals surface area contributed by atoms with E-state index in [0.717, 1.165) is 18.2 Å². The molecule has 0 aliphatic carbocycles. The summed E-state index contributed by atoms with van der Waals surface area (Å²) >= 11 is 5.91. The monoisotopic (exact) mass is 429 g/mol. The lowest BCUT2D eigenvalue weighted by atomic mass is 10.1. The van der Waals surface area contributed by atoms with Crippen LogP contribution < -0.4 is 10.1 Å². The van der Waals surface area contributed by atoms with Crippen LogP contribution in [-0.2, 0) is 0 Å². The van der Waals surface area contributed by atoms with Crippen LogP contribution >= 0.6 is 11.6 Å². The largest absolute Gasteiger partial charge is 0.478 e. The van der Waals surface area contributed by atoms with Gasteiger partial charge in [0.1, 0.15) is 11.6 Å². The minimum atomic E-state index is -1.44. The number of aromatic carboxylic acids is 2. The molecule has 0 spiro atoms. The fourth-order valence-corrected chi connectivity index (χ4v) is 2.88. The first-order chi connectivity index (χ1) is 14.3. The molecule has 0 fully saturated rings. The fourth-order valence-electron chi connectivity index (χ4n) is 2.64. The number of hydrogen-bond acceptors (Lipinski definition) is 4. The summed E-state index contributed by atoms with van der Waals surface area (Å²) in [5.41, 5.74) is -1.03. The molecule has 3 aromatic carbocycles. The second-order valence-electron chi connectivity index (χ2n) is 5.97. The molecule has 0 radical (unpaired) electrons. The summed E-state index contributed by atoms with van der Waals surface area (Å²) in [5, 5.41) is 20.8. The van der Waals surface area contributed by atoms with Gasteiger partial charge in [-0.3, -0.25) is 4.79 Å². The molecule has 0 atom stereocenters. The Morgan fingerprint density at radius 3 is 2.27 bits per heavy atom. The summed E-state index contributed by atoms with van der Waals surface area (Å²) in [6.07, 6.45) is 0. The topological polar surface area (TPSA) is 113 Å². The van der Waals surface area contributed by atoms with Crippen molar-refractivity contribution in [3.05, 3.63) is 88.2 Å². The Morgan fingerprint density at radius 1 is 0.900 bits per heavy atom. The number of carbonyl (C=O) groups is 3. The highest BCUT2D eigenvalue weighted by Crippen LogP contribution is 2.31. The maximum absolute atomic E-state index is 14.0. The predicted octanol–water partition coefficient (Wildman–Crippen LogP) is 4.92. The maximum Gasteiger partial charge on any atom is 0.336 e. The Kier molecular flexibility index (Phi) is 5.98. The van der Waals surface area contributed by atoms with Crippen molar-refractivity contribution < 1.29 is 33.7 Å². The van der Waals surface area contributed by atoms with Gasteiger partial charge in [0.15, 0.2) is 5.75 Å². The summed E-state index contributed by atoms with van der Waals surface area (Å²) < 4.78 is 19.6. The highest BCUT2D eigenvalue weighted by molar-refractivity contribution is 6.34. The maximum atomic E-state index is 14.0. The van der Waals surface area contributed by atoms with Gasteiger partial charge >= 0.3 is 11.9 Å². The van der Waals surface area contributed by atoms with Crippen LogP contribution in [0, 0.1) is 5.82 Å². The zero-order valence-electron chi connectivity index (χ0n) is 15.1. The number of ether oxygens (including phenoxy) is 1. The number of anilines is 1. The zero-order valence-corrected chi connectivity index (χ0v) is 15.8. The Hall–Kier alpha value is -3.91. The molecule has 152 valence electrons. The minimum absolute atomic E-state index is 0.0306. The molecular formula is C21H13ClFNO6. The van der Waals surface area contributed by atoms with Crippen LogP contribution in [0.4, 0.5) is 10.1 Å². The molecule has 0 saturated heterocycles. The van der Waals surface area contributed by atoms with E-state index in [9.17, 15) is 23.9 Å². The first-order valence-electron chi connectivity index (χ1n) is 8.41. The number of amides is 1. The molecule has 0 aliphatic rings. The van der Waals surface area contributed by atoms with Crippen LogP contribution in [0.25, 0.3) is 0 Å². The van der Waals surface area contributed by atoms with E-state index < -0.39 is 34.8 Å². The number of hydrogen-bond donors (Lipinski definition) is 3. The van der Waals surface area contributed by atoms with E-state index in [-0.39, 0.29) is 27.8 Å². The first-order valence-corrected chi connectivity index (χ1v) is 8.78. The molecule has 0 saturated carbocycles. The molecule has 0 aromatic heterocycles. The van der Waals surface area contributed by atoms with E-state index in [1.165, 1.54) is 30.3 Å². The van der Waals surface area contributed by atoms with Crippen molar-refractivity contribution in [2.45, 2.75) is 0 Å². The lowest BCUT2D eigenvalue weighted by Crippen LogP contribution is -2.15. The van der Waals surface area contributed by atoms with Gasteiger partial charge < -0.3 is 20.3 Å². The molecule has 1 amide bonds. The summed E-state index contributed by atoms with van der Waals surface area (Å²) in [4.78, 5) is 35.0. The van der Waals surface area contributed by atoms with Crippen LogP contribution in [0.5, 0.6) is 11.5 Å². The lowest BCUT2D eigenvalue weighted by molar-refractivity contribution is 0.0651. The average molecular weight is 430 g/mol. The Labute approximate surface area is 174 Å². The lowest BCUT2D eigenvalue weighted by Gasteiger charge is -2.14. The number of carbonyl (C=O) groups excluding carboxylic acids is 1. The normalized spacial score (nSPS) is 10.3. The summed E-state index contributed by atoms with van der Waals surface area (Å²) in [7, 11) is 0. The van der Waals surface area contributed by atoms with E-state index in [2.05, 4.69) is 5.32 Å². The zero-order chi connectivity index (χ0) is 21.8. The molecular weight excluding hydrogens is 417 g/mol. The van der Waals surface area contributed by atoms with Crippen molar-refractivity contribution in [2.75, 3.05) is 5.32 Å². The third-order valence-electron chi connectivity index (χ3n) is 4.00. The quantitative estimate of drug-likeness (QED) is 0.512. The van der Waals surface area contributed by atoms with Crippen molar-refractivity contribution >= 4 is 35.1 Å². The molecule has 9 heteroatoms. The van der Waals surface area contributed by atoms with Crippen molar-refractivity contribution in [3.63, 3.8) is 0 Å². The van der Waals surface area contributed by atoms with Gasteiger partial charge in [0.05, 0.1) is 27.4 Å². The van der Waals surface area contributed by atoms with Crippen molar-refractivity contribution in [2.24, 2.45) is 0 Å². The van der Waals surface area contributed by atoms with Gasteiger partial charge in [-0.25, -0.2) is 14.0 Å². The number of benzene rings is 3. The summed E-state index contributed by atoms with van der Waals surface area (Å²) in [6, 6.07) is 13.5. The second kappa shape index (κ2) is 8.62. The third kappa shape index (κ3) is 4.39. The number of nitrogens with one attached hydrogen (secondary N) is 1. The standard InChI is InChI=1S/C21H13ClFNO6/c22-14-4-3-5-15(23)18(14)19(25)24-16-6-1-2-7-17(16)30-11-8-9-12(20(26)27)13(10-11)21(28)29/h1-10H,(H,24,25)(H,26,27)(H,28,29). The van der Waals surface area contributed by atoms with Crippen LogP contribution in [0.15, 0.2) is 60.7 Å². The molecule has 3 N–H and O–H groups in total. The number of rotatable bonds is 6. The molecule has 0 bridgehead atoms. The minimum Gasteiger partial charge on any atom is -0.478 e. The Bertz CT molecular complexity index is 1140. The van der Waals surface area contributed by atoms with Gasteiger partial charge in [0.25, 0.3) is 5.91 Å². The van der Waals surface area contributed by atoms with Crippen LogP contribution in [0.3, 0.4) is 0 Å². The molecule has 3 rings (SSSR count). The highest BCUT2D eigenvalue weighted by atomic mass is 35.5. The van der Waals surface area contributed by atoms with Crippen LogP contribution in [-0.4, -0.2) is 28.1 Å².